The molecule has 184 valence electrons. The summed E-state index contributed by atoms with van der Waals surface area (Å²) < 4.78 is 41.6. The second-order valence-electron chi connectivity index (χ2n) is 8.10. The maximum absolute atomic E-state index is 13.9. The van der Waals surface area contributed by atoms with Gasteiger partial charge < -0.3 is 10.6 Å². The SMILES string of the molecule is CCc1cccc(CC)c1NC(=O)Nc1cnc(-c2ccccc2)nc1-c1ccccc1C(F)(F)F. The first kappa shape index (κ1) is 24.9. The van der Waals surface area contributed by atoms with Crippen LogP contribution in [0.4, 0.5) is 29.3 Å². The number of hydrogen-bond donors (Lipinski definition) is 2. The van der Waals surface area contributed by atoms with Gasteiger partial charge in [0.25, 0.3) is 0 Å². The van der Waals surface area contributed by atoms with Crippen molar-refractivity contribution in [1.82, 2.24) is 9.97 Å². The number of aromatic nitrogens is 2. The second-order valence-corrected chi connectivity index (χ2v) is 8.10. The van der Waals surface area contributed by atoms with Crippen LogP contribution in [0, 0.1) is 0 Å². The normalized spacial score (nSPS) is 11.2. The van der Waals surface area contributed by atoms with Crippen molar-refractivity contribution in [3.05, 3.63) is 95.7 Å². The zero-order valence-corrected chi connectivity index (χ0v) is 19.9. The van der Waals surface area contributed by atoms with E-state index in [-0.39, 0.29) is 22.8 Å². The minimum Gasteiger partial charge on any atom is -0.307 e. The van der Waals surface area contributed by atoms with E-state index in [4.69, 9.17) is 0 Å². The molecule has 1 heterocycles. The van der Waals surface area contributed by atoms with Gasteiger partial charge in [0.1, 0.15) is 0 Å². The number of amides is 2. The molecule has 0 unspecified atom stereocenters. The third-order valence-corrected chi connectivity index (χ3v) is 5.79. The summed E-state index contributed by atoms with van der Waals surface area (Å²) in [5, 5.41) is 5.55. The second kappa shape index (κ2) is 10.6. The third-order valence-electron chi connectivity index (χ3n) is 5.79. The van der Waals surface area contributed by atoms with Crippen LogP contribution in [0.3, 0.4) is 0 Å². The van der Waals surface area contributed by atoms with E-state index in [1.807, 2.05) is 38.1 Å². The summed E-state index contributed by atoms with van der Waals surface area (Å²) in [5.74, 6) is 0.248. The van der Waals surface area contributed by atoms with Crippen molar-refractivity contribution in [1.29, 1.82) is 0 Å². The number of aryl methyl sites for hydroxylation is 2. The van der Waals surface area contributed by atoms with Crippen molar-refractivity contribution in [2.24, 2.45) is 0 Å². The van der Waals surface area contributed by atoms with Gasteiger partial charge >= 0.3 is 12.2 Å². The number of alkyl halides is 3. The highest BCUT2D eigenvalue weighted by atomic mass is 19.4. The van der Waals surface area contributed by atoms with Gasteiger partial charge in [0.15, 0.2) is 5.82 Å². The average molecular weight is 491 g/mol. The Morgan fingerprint density at radius 1 is 0.833 bits per heavy atom. The molecule has 36 heavy (non-hydrogen) atoms. The van der Waals surface area contributed by atoms with Crippen LogP contribution in [0.15, 0.2) is 79.0 Å². The number of benzene rings is 3. The molecule has 0 atom stereocenters. The van der Waals surface area contributed by atoms with Crippen molar-refractivity contribution in [3.63, 3.8) is 0 Å². The lowest BCUT2D eigenvalue weighted by Crippen LogP contribution is -2.22. The number of para-hydroxylation sites is 1. The Bertz CT molecular complexity index is 1350. The number of halogens is 3. The molecule has 0 spiro atoms. The van der Waals surface area contributed by atoms with E-state index in [0.29, 0.717) is 24.1 Å². The Hall–Kier alpha value is -4.20. The molecule has 0 fully saturated rings. The number of rotatable bonds is 6. The van der Waals surface area contributed by atoms with Crippen molar-refractivity contribution in [2.45, 2.75) is 32.9 Å². The number of urea groups is 1. The van der Waals surface area contributed by atoms with Gasteiger partial charge in [-0.3, -0.25) is 0 Å². The first-order chi connectivity index (χ1) is 17.3. The highest BCUT2D eigenvalue weighted by Gasteiger charge is 2.34. The molecule has 2 amide bonds. The summed E-state index contributed by atoms with van der Waals surface area (Å²) in [6, 6.07) is 19.3. The van der Waals surface area contributed by atoms with Gasteiger partial charge in [-0.05, 0) is 30.0 Å². The summed E-state index contributed by atoms with van der Waals surface area (Å²) in [4.78, 5) is 21.8. The molecule has 0 saturated carbocycles. The first-order valence-electron chi connectivity index (χ1n) is 11.6. The Balaban J connectivity index is 1.77. The molecule has 3 aromatic carbocycles. The summed E-state index contributed by atoms with van der Waals surface area (Å²) in [6.45, 7) is 3.97. The summed E-state index contributed by atoms with van der Waals surface area (Å²) in [7, 11) is 0. The third kappa shape index (κ3) is 5.38. The summed E-state index contributed by atoms with van der Waals surface area (Å²) in [6.07, 6.45) is -1.85. The van der Waals surface area contributed by atoms with Crippen LogP contribution in [-0.2, 0) is 19.0 Å². The van der Waals surface area contributed by atoms with Gasteiger partial charge in [-0.25, -0.2) is 14.8 Å². The highest BCUT2D eigenvalue weighted by molar-refractivity contribution is 6.03. The molecular weight excluding hydrogens is 465 g/mol. The Kier molecular flexibility index (Phi) is 7.33. The Morgan fingerprint density at radius 3 is 2.11 bits per heavy atom. The molecule has 4 rings (SSSR count). The standard InChI is InChI=1S/C28H25F3N4O/c1-3-18-13-10-14-19(4-2)24(18)35-27(36)33-23-17-32-26(20-11-6-5-7-12-20)34-25(23)21-15-8-9-16-22(21)28(29,30)31/h5-17H,3-4H2,1-2H3,(H2,33,35,36). The van der Waals surface area contributed by atoms with Gasteiger partial charge in [0, 0.05) is 16.8 Å². The number of anilines is 2. The first-order valence-corrected chi connectivity index (χ1v) is 11.6. The monoisotopic (exact) mass is 490 g/mol. The highest BCUT2D eigenvalue weighted by Crippen LogP contribution is 2.39. The molecule has 2 N–H and O–H groups in total. The van der Waals surface area contributed by atoms with E-state index in [0.717, 1.165) is 17.2 Å². The molecule has 0 aliphatic carbocycles. The van der Waals surface area contributed by atoms with Gasteiger partial charge in [0.05, 0.1) is 23.1 Å². The predicted octanol–water partition coefficient (Wildman–Crippen LogP) is 7.60. The fraction of sp³-hybridized carbons (Fsp3) is 0.179. The molecule has 0 saturated heterocycles. The lowest BCUT2D eigenvalue weighted by atomic mass is 10.0. The zero-order chi connectivity index (χ0) is 25.7. The largest absolute Gasteiger partial charge is 0.417 e. The lowest BCUT2D eigenvalue weighted by Gasteiger charge is -2.18. The van der Waals surface area contributed by atoms with Gasteiger partial charge in [-0.15, -0.1) is 0 Å². The fourth-order valence-corrected chi connectivity index (χ4v) is 4.01. The van der Waals surface area contributed by atoms with Crippen LogP contribution in [0.5, 0.6) is 0 Å². The van der Waals surface area contributed by atoms with E-state index in [2.05, 4.69) is 20.6 Å². The Labute approximate surface area is 207 Å². The van der Waals surface area contributed by atoms with E-state index in [1.54, 1.807) is 24.3 Å². The van der Waals surface area contributed by atoms with E-state index in [1.165, 1.54) is 24.4 Å². The summed E-state index contributed by atoms with van der Waals surface area (Å²) in [5.41, 5.74) is 2.30. The van der Waals surface area contributed by atoms with Crippen molar-refractivity contribution >= 4 is 17.4 Å². The van der Waals surface area contributed by atoms with Crippen molar-refractivity contribution in [3.8, 4) is 22.6 Å². The summed E-state index contributed by atoms with van der Waals surface area (Å²) >= 11 is 0. The molecule has 1 aromatic heterocycles. The number of hydrogen-bond acceptors (Lipinski definition) is 3. The molecule has 0 aliphatic rings. The molecule has 4 aromatic rings. The lowest BCUT2D eigenvalue weighted by molar-refractivity contribution is -0.137. The van der Waals surface area contributed by atoms with Crippen molar-refractivity contribution < 1.29 is 18.0 Å². The minimum atomic E-state index is -4.61. The molecular formula is C28H25F3N4O. The Morgan fingerprint density at radius 2 is 1.47 bits per heavy atom. The van der Waals surface area contributed by atoms with Crippen LogP contribution in [-0.4, -0.2) is 16.0 Å². The quantitative estimate of drug-likeness (QED) is 0.292. The van der Waals surface area contributed by atoms with Crippen LogP contribution in [0.2, 0.25) is 0 Å². The van der Waals surface area contributed by atoms with Gasteiger partial charge in [-0.1, -0.05) is 80.6 Å². The maximum Gasteiger partial charge on any atom is 0.417 e. The molecule has 0 bridgehead atoms. The molecule has 0 aliphatic heterocycles. The van der Waals surface area contributed by atoms with E-state index >= 15 is 0 Å². The fourth-order valence-electron chi connectivity index (χ4n) is 4.01. The van der Waals surface area contributed by atoms with E-state index in [9.17, 15) is 18.0 Å². The van der Waals surface area contributed by atoms with Crippen LogP contribution in [0.1, 0.15) is 30.5 Å². The van der Waals surface area contributed by atoms with Crippen LogP contribution >= 0.6 is 0 Å². The number of nitrogens with zero attached hydrogens (tertiary/aromatic N) is 2. The maximum atomic E-state index is 13.9. The smallest absolute Gasteiger partial charge is 0.307 e. The zero-order valence-electron chi connectivity index (χ0n) is 19.9. The number of carbonyl (C=O) groups excluding carboxylic acids is 1. The molecule has 8 heteroatoms. The van der Waals surface area contributed by atoms with Crippen LogP contribution < -0.4 is 10.6 Å². The van der Waals surface area contributed by atoms with Gasteiger partial charge in [0.2, 0.25) is 0 Å². The van der Waals surface area contributed by atoms with Crippen molar-refractivity contribution in [2.75, 3.05) is 10.6 Å². The number of carbonyl (C=O) groups is 1. The van der Waals surface area contributed by atoms with Crippen LogP contribution in [0.25, 0.3) is 22.6 Å². The molecule has 5 nitrogen and oxygen atoms in total. The minimum absolute atomic E-state index is 0.0218. The van der Waals surface area contributed by atoms with Gasteiger partial charge in [-0.2, -0.15) is 13.2 Å². The topological polar surface area (TPSA) is 66.9 Å². The predicted molar refractivity (Wildman–Crippen MR) is 136 cm³/mol. The van der Waals surface area contributed by atoms with E-state index < -0.39 is 17.8 Å². The number of nitrogens with one attached hydrogen (secondary N) is 2. The molecule has 0 radical (unpaired) electrons. The average Bonchev–Trinajstić information content (AvgIpc) is 2.89.